The Balaban J connectivity index is 2.39. The average Bonchev–Trinajstić information content (AvgIpc) is 2.07. The van der Waals surface area contributed by atoms with Crippen LogP contribution in [0, 0.1) is 6.92 Å². The highest BCUT2D eigenvalue weighted by Crippen LogP contribution is 2.34. The average molecular weight is 193 g/mol. The lowest BCUT2D eigenvalue weighted by Gasteiger charge is -2.18. The summed E-state index contributed by atoms with van der Waals surface area (Å²) in [5, 5.41) is 0. The Labute approximate surface area is 83.8 Å². The molecule has 0 saturated carbocycles. The highest BCUT2D eigenvalue weighted by atomic mass is 16.5. The van der Waals surface area contributed by atoms with Gasteiger partial charge in [-0.2, -0.15) is 0 Å². The summed E-state index contributed by atoms with van der Waals surface area (Å²) in [4.78, 5) is 0. The topological polar surface area (TPSA) is 44.5 Å². The van der Waals surface area contributed by atoms with E-state index in [2.05, 4.69) is 0 Å². The van der Waals surface area contributed by atoms with E-state index in [1.54, 1.807) is 0 Å². The smallest absolute Gasteiger partial charge is 0.164 e. The fourth-order valence-corrected chi connectivity index (χ4v) is 1.62. The van der Waals surface area contributed by atoms with Gasteiger partial charge in [0.15, 0.2) is 11.5 Å². The van der Waals surface area contributed by atoms with Gasteiger partial charge < -0.3 is 15.2 Å². The second-order valence-corrected chi connectivity index (χ2v) is 3.57. The fourth-order valence-electron chi connectivity index (χ4n) is 1.62. The number of benzene rings is 1. The molecule has 3 nitrogen and oxygen atoms in total. The number of fused-ring (bicyclic) bond motifs is 1. The summed E-state index contributed by atoms with van der Waals surface area (Å²) >= 11 is 0. The number of nitrogens with two attached hydrogens (primary N) is 1. The minimum atomic E-state index is 0.727. The summed E-state index contributed by atoms with van der Waals surface area (Å²) in [7, 11) is 0. The van der Waals surface area contributed by atoms with Crippen molar-refractivity contribution in [2.24, 2.45) is 0 Å². The first kappa shape index (κ1) is 9.19. The van der Waals surface area contributed by atoms with Crippen LogP contribution < -0.4 is 15.2 Å². The predicted molar refractivity (Wildman–Crippen MR) is 55.8 cm³/mol. The van der Waals surface area contributed by atoms with Crippen LogP contribution in [-0.2, 0) is 0 Å². The van der Waals surface area contributed by atoms with E-state index >= 15 is 0 Å². The van der Waals surface area contributed by atoms with Crippen LogP contribution >= 0.6 is 0 Å². The van der Waals surface area contributed by atoms with Gasteiger partial charge in [0.05, 0.1) is 13.2 Å². The first-order valence-corrected chi connectivity index (χ1v) is 4.93. The van der Waals surface area contributed by atoms with Gasteiger partial charge in [-0.25, -0.2) is 0 Å². The molecule has 0 spiro atoms. The second kappa shape index (κ2) is 3.78. The quantitative estimate of drug-likeness (QED) is 0.642. The summed E-state index contributed by atoms with van der Waals surface area (Å²) < 4.78 is 11.2. The Morgan fingerprint density at radius 2 is 1.86 bits per heavy atom. The molecule has 0 saturated heterocycles. The summed E-state index contributed by atoms with van der Waals surface area (Å²) in [6, 6.07) is 3.73. The van der Waals surface area contributed by atoms with E-state index in [-0.39, 0.29) is 0 Å². The van der Waals surface area contributed by atoms with Crippen molar-refractivity contribution in [2.45, 2.75) is 19.8 Å². The zero-order valence-electron chi connectivity index (χ0n) is 8.38. The first-order valence-electron chi connectivity index (χ1n) is 4.93. The van der Waals surface area contributed by atoms with Crippen molar-refractivity contribution < 1.29 is 9.47 Å². The summed E-state index contributed by atoms with van der Waals surface area (Å²) in [5.41, 5.74) is 7.51. The van der Waals surface area contributed by atoms with Crippen molar-refractivity contribution in [3.05, 3.63) is 17.7 Å². The molecule has 76 valence electrons. The van der Waals surface area contributed by atoms with Crippen LogP contribution in [0.1, 0.15) is 18.4 Å². The van der Waals surface area contributed by atoms with Crippen molar-refractivity contribution in [1.82, 2.24) is 0 Å². The highest BCUT2D eigenvalue weighted by molar-refractivity contribution is 5.56. The third-order valence-corrected chi connectivity index (χ3v) is 2.31. The molecule has 0 atom stereocenters. The largest absolute Gasteiger partial charge is 0.490 e. The van der Waals surface area contributed by atoms with Crippen LogP contribution in [0.5, 0.6) is 11.5 Å². The maximum absolute atomic E-state index is 5.74. The van der Waals surface area contributed by atoms with E-state index in [1.807, 2.05) is 19.1 Å². The van der Waals surface area contributed by atoms with E-state index in [0.717, 1.165) is 48.8 Å². The molecule has 1 aliphatic rings. The zero-order chi connectivity index (χ0) is 9.97. The van der Waals surface area contributed by atoms with Crippen LogP contribution in [0.25, 0.3) is 0 Å². The zero-order valence-corrected chi connectivity index (χ0v) is 8.38. The van der Waals surface area contributed by atoms with E-state index in [0.29, 0.717) is 0 Å². The molecule has 0 amide bonds. The lowest BCUT2D eigenvalue weighted by atomic mass is 10.1. The molecule has 2 rings (SSSR count). The van der Waals surface area contributed by atoms with E-state index in [9.17, 15) is 0 Å². The number of ether oxygens (including phenoxy) is 2. The Bertz CT molecular complexity index is 336. The molecule has 14 heavy (non-hydrogen) atoms. The van der Waals surface area contributed by atoms with Gasteiger partial charge in [0, 0.05) is 11.8 Å². The summed E-state index contributed by atoms with van der Waals surface area (Å²) in [6.45, 7) is 3.50. The van der Waals surface area contributed by atoms with Crippen molar-refractivity contribution in [1.29, 1.82) is 0 Å². The van der Waals surface area contributed by atoms with Crippen molar-refractivity contribution in [3.8, 4) is 11.5 Å². The molecule has 1 aromatic rings. The van der Waals surface area contributed by atoms with Crippen molar-refractivity contribution >= 4 is 5.69 Å². The summed E-state index contributed by atoms with van der Waals surface area (Å²) in [6.07, 6.45) is 2.08. The van der Waals surface area contributed by atoms with Gasteiger partial charge in [0.2, 0.25) is 0 Å². The minimum Gasteiger partial charge on any atom is -0.490 e. The number of hydrogen-bond donors (Lipinski definition) is 1. The molecule has 2 N–H and O–H groups in total. The first-order chi connectivity index (χ1) is 6.77. The molecule has 3 heteroatoms. The molecule has 1 heterocycles. The number of rotatable bonds is 0. The SMILES string of the molecule is Cc1cc(N)cc2c1OCCCCO2. The Morgan fingerprint density at radius 1 is 1.14 bits per heavy atom. The predicted octanol–water partition coefficient (Wildman–Crippen LogP) is 2.13. The molecule has 0 aliphatic carbocycles. The second-order valence-electron chi connectivity index (χ2n) is 3.57. The maximum atomic E-state index is 5.74. The molecule has 1 aliphatic heterocycles. The number of nitrogen functional groups attached to an aromatic ring is 1. The van der Waals surface area contributed by atoms with Gasteiger partial charge in [-0.15, -0.1) is 0 Å². The van der Waals surface area contributed by atoms with Gasteiger partial charge in [-0.05, 0) is 31.4 Å². The standard InChI is InChI=1S/C11H15NO2/c1-8-6-9(12)7-10-11(8)14-5-3-2-4-13-10/h6-7H,2-5,12H2,1H3. The molecular formula is C11H15NO2. The van der Waals surface area contributed by atoms with Crippen molar-refractivity contribution in [3.63, 3.8) is 0 Å². The van der Waals surface area contributed by atoms with Crippen LogP contribution in [0.4, 0.5) is 5.69 Å². The van der Waals surface area contributed by atoms with Crippen molar-refractivity contribution in [2.75, 3.05) is 18.9 Å². The number of aryl methyl sites for hydroxylation is 1. The molecule has 0 unspecified atom stereocenters. The van der Waals surface area contributed by atoms with Gasteiger partial charge in [0.1, 0.15) is 0 Å². The van der Waals surface area contributed by atoms with E-state index < -0.39 is 0 Å². The monoisotopic (exact) mass is 193 g/mol. The van der Waals surface area contributed by atoms with Crippen LogP contribution in [0.3, 0.4) is 0 Å². The van der Waals surface area contributed by atoms with Gasteiger partial charge in [0.25, 0.3) is 0 Å². The van der Waals surface area contributed by atoms with Gasteiger partial charge in [-0.1, -0.05) is 0 Å². The minimum absolute atomic E-state index is 0.727. The number of anilines is 1. The Hall–Kier alpha value is -1.38. The van der Waals surface area contributed by atoms with Crippen LogP contribution in [0.15, 0.2) is 12.1 Å². The molecule has 1 aromatic carbocycles. The molecular weight excluding hydrogens is 178 g/mol. The lowest BCUT2D eigenvalue weighted by Crippen LogP contribution is -2.09. The fraction of sp³-hybridized carbons (Fsp3) is 0.455. The van der Waals surface area contributed by atoms with Crippen LogP contribution in [-0.4, -0.2) is 13.2 Å². The molecule has 0 aromatic heterocycles. The van der Waals surface area contributed by atoms with E-state index in [1.165, 1.54) is 0 Å². The molecule has 0 fully saturated rings. The van der Waals surface area contributed by atoms with E-state index in [4.69, 9.17) is 15.2 Å². The Kier molecular flexibility index (Phi) is 2.48. The van der Waals surface area contributed by atoms with Crippen LogP contribution in [0.2, 0.25) is 0 Å². The number of hydrogen-bond acceptors (Lipinski definition) is 3. The van der Waals surface area contributed by atoms with Gasteiger partial charge in [-0.3, -0.25) is 0 Å². The molecule has 0 bridgehead atoms. The summed E-state index contributed by atoms with van der Waals surface area (Å²) in [5.74, 6) is 1.63. The lowest BCUT2D eigenvalue weighted by molar-refractivity contribution is 0.222. The third kappa shape index (κ3) is 1.76. The third-order valence-electron chi connectivity index (χ3n) is 2.31. The highest BCUT2D eigenvalue weighted by Gasteiger charge is 2.12. The maximum Gasteiger partial charge on any atom is 0.164 e. The normalized spacial score (nSPS) is 15.8. The van der Waals surface area contributed by atoms with Gasteiger partial charge >= 0.3 is 0 Å². The Morgan fingerprint density at radius 3 is 2.64 bits per heavy atom. The molecule has 0 radical (unpaired) electrons.